The van der Waals surface area contributed by atoms with Gasteiger partial charge < -0.3 is 5.11 Å². The Labute approximate surface area is 344 Å². The van der Waals surface area contributed by atoms with E-state index < -0.39 is 13.3 Å². The smallest absolute Gasteiger partial charge is 0 e. The Morgan fingerprint density at radius 2 is 1.49 bits per heavy atom. The average molecular weight is 980 g/mol. The predicted molar refractivity (Wildman–Crippen MR) is 231 cm³/mol. The average Bonchev–Trinajstić information content (AvgIpc) is 3.50. The second-order valence-electron chi connectivity index (χ2n) is 17.0. The van der Waals surface area contributed by atoms with Crippen molar-refractivity contribution >= 4 is 67.2 Å². The zero-order valence-electron chi connectivity index (χ0n) is 35.5. The van der Waals surface area contributed by atoms with Crippen LogP contribution in [0.3, 0.4) is 0 Å². The molecule has 0 unspecified atom stereocenters. The first-order valence-electron chi connectivity index (χ1n) is 19.8. The van der Waals surface area contributed by atoms with Gasteiger partial charge in [0, 0.05) is 37.0 Å². The van der Waals surface area contributed by atoms with Crippen molar-refractivity contribution in [1.82, 2.24) is 15.0 Å². The fourth-order valence-corrected chi connectivity index (χ4v) is 12.9. The number of allylic oxidation sites excluding steroid dienone is 2. The topological polar surface area (TPSA) is 89.1 Å². The molecule has 0 fully saturated rings. The summed E-state index contributed by atoms with van der Waals surface area (Å²) >= 11 is -2.13. The molecule has 0 amide bonds. The van der Waals surface area contributed by atoms with E-state index in [9.17, 15) is 9.90 Å². The standard InChI is InChI=1S/C32H32GeN3O.C15H28O2.Ir/c1-17(2)31-35-28(25-11-9-10-22-23-14-12-19(4)34-32(23)37-30(22)25)24-15-13-21-16-18(3)27(33(6,7)8)20(5)26(21)29(24)36-31;1-7-14(5,8-2)12(16)11-13(17)15(6,9-3)10-4;/h9-10,12-17H,1-8H3;11,16H,7-10H2,1-6H3;/q-1;;/b;12-11-;. The second-order valence-corrected chi connectivity index (χ2v) is 27.5. The molecule has 6 aromatic rings. The summed E-state index contributed by atoms with van der Waals surface area (Å²) in [6.07, 6.45) is 4.75. The van der Waals surface area contributed by atoms with E-state index in [1.807, 2.05) is 60.6 Å². The number of nitrogens with zero attached hydrogens (tertiary/aromatic N) is 3. The zero-order chi connectivity index (χ0) is 39.9. The van der Waals surface area contributed by atoms with Crippen molar-refractivity contribution < 1.29 is 34.4 Å². The van der Waals surface area contributed by atoms with Crippen LogP contribution in [0.25, 0.3) is 55.0 Å². The molecule has 6 rings (SSSR count). The number of aliphatic hydroxyl groups is 1. The number of ketones is 1. The van der Waals surface area contributed by atoms with Gasteiger partial charge in [0.1, 0.15) is 5.76 Å². The van der Waals surface area contributed by atoms with Gasteiger partial charge in [-0.15, -0.1) is 0 Å². The number of fused-ring (bicyclic) bond motifs is 6. The van der Waals surface area contributed by atoms with Crippen LogP contribution in [0.4, 0.5) is 0 Å². The summed E-state index contributed by atoms with van der Waals surface area (Å²) in [5.74, 6) is 8.72. The molecule has 1 radical (unpaired) electrons. The summed E-state index contributed by atoms with van der Waals surface area (Å²) in [4.78, 5) is 27.1. The van der Waals surface area contributed by atoms with Crippen molar-refractivity contribution in [3.63, 3.8) is 0 Å². The third kappa shape index (κ3) is 8.50. The van der Waals surface area contributed by atoms with Gasteiger partial charge in [0.15, 0.2) is 5.78 Å². The van der Waals surface area contributed by atoms with E-state index in [1.54, 1.807) is 4.40 Å². The Kier molecular flexibility index (Phi) is 13.7. The van der Waals surface area contributed by atoms with Crippen LogP contribution >= 0.6 is 0 Å². The minimum atomic E-state index is -2.13. The number of carbonyl (C=O) groups is 1. The van der Waals surface area contributed by atoms with Crippen molar-refractivity contribution in [3.8, 4) is 11.3 Å². The van der Waals surface area contributed by atoms with E-state index >= 15 is 0 Å². The van der Waals surface area contributed by atoms with E-state index in [0.29, 0.717) is 5.71 Å². The number of hydrogen-bond acceptors (Lipinski definition) is 6. The monoisotopic (exact) mass is 981 g/mol. The van der Waals surface area contributed by atoms with Gasteiger partial charge in [-0.25, -0.2) is 0 Å². The van der Waals surface area contributed by atoms with Crippen molar-refractivity contribution in [2.45, 2.75) is 125 Å². The number of pyridine rings is 1. The van der Waals surface area contributed by atoms with Crippen molar-refractivity contribution in [2.75, 3.05) is 0 Å². The number of rotatable bonds is 10. The summed E-state index contributed by atoms with van der Waals surface area (Å²) in [6, 6.07) is 18.4. The van der Waals surface area contributed by atoms with Crippen LogP contribution in [0.2, 0.25) is 17.3 Å². The van der Waals surface area contributed by atoms with Gasteiger partial charge in [0.2, 0.25) is 0 Å². The number of aliphatic hydroxyl groups excluding tert-OH is 1. The molecule has 295 valence electrons. The zero-order valence-corrected chi connectivity index (χ0v) is 40.0. The minimum Gasteiger partial charge on any atom is 0 e. The Hall–Kier alpha value is -3.39. The van der Waals surface area contributed by atoms with Crippen LogP contribution in [0, 0.1) is 37.7 Å². The molecular weight excluding hydrogens is 919 g/mol. The molecule has 3 aromatic carbocycles. The molecule has 1 N–H and O–H groups in total. The fraction of sp³-hybridized carbons (Fsp3) is 0.447. The van der Waals surface area contributed by atoms with E-state index in [-0.39, 0.29) is 48.4 Å². The fourth-order valence-electron chi connectivity index (χ4n) is 7.65. The first-order chi connectivity index (χ1) is 25.3. The normalized spacial score (nSPS) is 12.7. The molecule has 0 saturated heterocycles. The Morgan fingerprint density at radius 3 is 2.07 bits per heavy atom. The van der Waals surface area contributed by atoms with E-state index in [0.717, 1.165) is 75.7 Å². The summed E-state index contributed by atoms with van der Waals surface area (Å²) in [6.45, 7) is 22.9. The van der Waals surface area contributed by atoms with Gasteiger partial charge in [0.25, 0.3) is 0 Å². The Balaban J connectivity index is 0.000000320. The van der Waals surface area contributed by atoms with Crippen LogP contribution in [0.15, 0.2) is 58.7 Å². The number of aromatic nitrogens is 3. The van der Waals surface area contributed by atoms with Gasteiger partial charge in [-0.2, -0.15) is 0 Å². The van der Waals surface area contributed by atoms with Crippen molar-refractivity contribution in [1.29, 1.82) is 0 Å². The quantitative estimate of drug-likeness (QED) is 0.0484. The number of carbonyl (C=O) groups excluding carboxylic acids is 1. The summed E-state index contributed by atoms with van der Waals surface area (Å²) in [5.41, 5.74) is 7.28. The molecule has 0 bridgehead atoms. The van der Waals surface area contributed by atoms with E-state index in [2.05, 4.69) is 86.3 Å². The molecule has 0 saturated carbocycles. The number of aryl methyl sites for hydroxylation is 3. The third-order valence-corrected chi connectivity index (χ3v) is 16.7. The maximum Gasteiger partial charge on any atom is 0 e. The summed E-state index contributed by atoms with van der Waals surface area (Å²) in [7, 11) is 0. The van der Waals surface area contributed by atoms with Gasteiger partial charge in [-0.1, -0.05) is 41.5 Å². The third-order valence-electron chi connectivity index (χ3n) is 12.0. The van der Waals surface area contributed by atoms with Crippen molar-refractivity contribution in [3.05, 3.63) is 83.0 Å². The Morgan fingerprint density at radius 1 is 0.873 bits per heavy atom. The van der Waals surface area contributed by atoms with Crippen LogP contribution < -0.4 is 4.40 Å². The van der Waals surface area contributed by atoms with Gasteiger partial charge >= 0.3 is 214 Å². The van der Waals surface area contributed by atoms with E-state index in [1.165, 1.54) is 28.0 Å². The largest absolute Gasteiger partial charge is 0 e. The van der Waals surface area contributed by atoms with Crippen molar-refractivity contribution in [2.24, 2.45) is 10.8 Å². The minimum absolute atomic E-state index is 0. The summed E-state index contributed by atoms with van der Waals surface area (Å²) in [5, 5.41) is 15.7. The molecule has 0 aliphatic heterocycles. The van der Waals surface area contributed by atoms with Crippen LogP contribution in [-0.2, 0) is 24.9 Å². The first kappa shape index (κ1) is 44.3. The Bertz CT molecular complexity index is 2400. The van der Waals surface area contributed by atoms with Crippen LogP contribution in [0.1, 0.15) is 110 Å². The molecule has 0 spiro atoms. The SMILES string of the molecule is CCC(C)(CC)C(=O)/C=C(\O)C(C)(CC)CC.Cc1ccc2c(n1)oc1c(-c3nc(C(C)C)nc4c3ccc3cc(C)[c]([Ge]([CH3])([CH3])[CH3])c(C)c34)[c-]ccc12.[Ir]. The number of benzene rings is 3. The molecule has 0 atom stereocenters. The molecule has 0 aliphatic rings. The molecule has 55 heavy (non-hydrogen) atoms. The second kappa shape index (κ2) is 17.0. The van der Waals surface area contributed by atoms with Crippen LogP contribution in [0.5, 0.6) is 0 Å². The molecular formula is C47H60GeIrN3O3-. The molecule has 8 heteroatoms. The van der Waals surface area contributed by atoms with Gasteiger partial charge in [-0.05, 0) is 32.6 Å². The maximum atomic E-state index is 12.2. The molecule has 3 aromatic heterocycles. The summed E-state index contributed by atoms with van der Waals surface area (Å²) < 4.78 is 7.93. The maximum absolute atomic E-state index is 12.2. The molecule has 3 heterocycles. The molecule has 6 nitrogen and oxygen atoms in total. The van der Waals surface area contributed by atoms with Gasteiger partial charge in [0.05, 0.1) is 0 Å². The molecule has 0 aliphatic carbocycles. The first-order valence-corrected chi connectivity index (χ1v) is 27.1. The number of furan rings is 1. The predicted octanol–water partition coefficient (Wildman–Crippen LogP) is 12.8. The van der Waals surface area contributed by atoms with E-state index in [4.69, 9.17) is 14.4 Å². The number of hydrogen-bond donors (Lipinski definition) is 1. The van der Waals surface area contributed by atoms with Crippen LogP contribution in [-0.4, -0.2) is 39.1 Å². The van der Waals surface area contributed by atoms with Gasteiger partial charge in [-0.3, -0.25) is 4.79 Å².